The number of hydrogen-bond acceptors (Lipinski definition) is 3. The van der Waals surface area contributed by atoms with Crippen LogP contribution in [0.15, 0.2) is 60.3 Å². The number of likely N-dealkylation sites (tertiary alicyclic amines) is 1. The van der Waals surface area contributed by atoms with Gasteiger partial charge in [0.1, 0.15) is 11.6 Å². The summed E-state index contributed by atoms with van der Waals surface area (Å²) in [7, 11) is 0. The topological polar surface area (TPSA) is 56.1 Å². The minimum absolute atomic E-state index is 0.112. The van der Waals surface area contributed by atoms with Gasteiger partial charge < -0.3 is 10.2 Å². The summed E-state index contributed by atoms with van der Waals surface area (Å²) in [4.78, 5) is 14.5. The van der Waals surface area contributed by atoms with E-state index in [1.54, 1.807) is 11.0 Å². The Kier molecular flexibility index (Phi) is 6.73. The normalized spacial score (nSPS) is 15.2. The van der Waals surface area contributed by atoms with Gasteiger partial charge in [-0.05, 0) is 55.4 Å². The van der Waals surface area contributed by atoms with Gasteiger partial charge in [0.2, 0.25) is 0 Å². The third-order valence-electron chi connectivity index (χ3n) is 5.19. The van der Waals surface area contributed by atoms with Gasteiger partial charge >= 0.3 is 0 Å². The fourth-order valence-electron chi connectivity index (χ4n) is 3.50. The summed E-state index contributed by atoms with van der Waals surface area (Å²) < 4.78 is 0. The van der Waals surface area contributed by atoms with E-state index in [0.717, 1.165) is 30.5 Å². The molecule has 28 heavy (non-hydrogen) atoms. The van der Waals surface area contributed by atoms with Crippen LogP contribution < -0.4 is 5.32 Å². The number of carbonyl (C=O) groups excluding carboxylic acids is 1. The molecule has 1 aliphatic heterocycles. The Morgan fingerprint density at radius 3 is 2.64 bits per heavy atom. The summed E-state index contributed by atoms with van der Waals surface area (Å²) in [5.41, 5.74) is 3.23. The molecule has 0 unspecified atom stereocenters. The molecule has 0 spiro atoms. The zero-order valence-electron chi connectivity index (χ0n) is 16.0. The van der Waals surface area contributed by atoms with E-state index in [-0.39, 0.29) is 11.5 Å². The molecule has 1 heterocycles. The van der Waals surface area contributed by atoms with Crippen molar-refractivity contribution in [2.45, 2.75) is 26.2 Å². The van der Waals surface area contributed by atoms with Gasteiger partial charge in [0.05, 0.1) is 0 Å². The lowest BCUT2D eigenvalue weighted by Crippen LogP contribution is -2.39. The van der Waals surface area contributed by atoms with E-state index in [0.29, 0.717) is 24.0 Å². The largest absolute Gasteiger partial charge is 0.360 e. The van der Waals surface area contributed by atoms with Crippen molar-refractivity contribution in [3.63, 3.8) is 0 Å². The molecule has 5 heteroatoms. The SMILES string of the molecule is Cc1ccc(Cl)cc1N/C=C(/C#N)C(=O)N1CCC(Cc2ccccc2)CC1. The molecule has 2 aromatic carbocycles. The second-order valence-corrected chi connectivity index (χ2v) is 7.64. The van der Waals surface area contributed by atoms with Gasteiger partial charge in [0.25, 0.3) is 5.91 Å². The Hall–Kier alpha value is -2.77. The summed E-state index contributed by atoms with van der Waals surface area (Å²) in [6.45, 7) is 3.31. The average Bonchev–Trinajstić information content (AvgIpc) is 2.72. The van der Waals surface area contributed by atoms with Gasteiger partial charge in [-0.25, -0.2) is 0 Å². The Balaban J connectivity index is 1.58. The number of nitrogens with one attached hydrogen (secondary N) is 1. The predicted molar refractivity (Wildman–Crippen MR) is 113 cm³/mol. The van der Waals surface area contributed by atoms with Crippen LogP contribution in [0.5, 0.6) is 0 Å². The number of benzene rings is 2. The zero-order valence-corrected chi connectivity index (χ0v) is 16.7. The number of aryl methyl sites for hydroxylation is 1. The minimum Gasteiger partial charge on any atom is -0.360 e. The molecule has 0 atom stereocenters. The molecule has 1 N–H and O–H groups in total. The van der Waals surface area contributed by atoms with Crippen molar-refractivity contribution in [3.8, 4) is 6.07 Å². The van der Waals surface area contributed by atoms with Crippen LogP contribution in [-0.4, -0.2) is 23.9 Å². The quantitative estimate of drug-likeness (QED) is 0.577. The van der Waals surface area contributed by atoms with E-state index in [9.17, 15) is 10.1 Å². The van der Waals surface area contributed by atoms with Gasteiger partial charge in [0.15, 0.2) is 0 Å². The van der Waals surface area contributed by atoms with Crippen LogP contribution in [0, 0.1) is 24.2 Å². The second kappa shape index (κ2) is 9.43. The van der Waals surface area contributed by atoms with Gasteiger partial charge in [-0.1, -0.05) is 48.0 Å². The Morgan fingerprint density at radius 1 is 1.25 bits per heavy atom. The van der Waals surface area contributed by atoms with Crippen molar-refractivity contribution in [2.75, 3.05) is 18.4 Å². The maximum Gasteiger partial charge on any atom is 0.266 e. The van der Waals surface area contributed by atoms with E-state index in [4.69, 9.17) is 11.6 Å². The average molecular weight is 394 g/mol. The molecule has 1 fully saturated rings. The molecule has 144 valence electrons. The third kappa shape index (κ3) is 5.15. The first-order chi connectivity index (χ1) is 13.6. The Bertz CT molecular complexity index is 894. The fraction of sp³-hybridized carbons (Fsp3) is 0.304. The van der Waals surface area contributed by atoms with E-state index in [2.05, 4.69) is 29.6 Å². The molecule has 4 nitrogen and oxygen atoms in total. The molecule has 1 amide bonds. The highest BCUT2D eigenvalue weighted by atomic mass is 35.5. The number of rotatable bonds is 5. The van der Waals surface area contributed by atoms with E-state index >= 15 is 0 Å². The van der Waals surface area contributed by atoms with Crippen LogP contribution in [0.2, 0.25) is 5.02 Å². The van der Waals surface area contributed by atoms with Crippen molar-refractivity contribution in [3.05, 3.63) is 76.5 Å². The number of nitriles is 1. The maximum absolute atomic E-state index is 12.7. The van der Waals surface area contributed by atoms with Crippen molar-refractivity contribution in [2.24, 2.45) is 5.92 Å². The number of amides is 1. The third-order valence-corrected chi connectivity index (χ3v) is 5.43. The van der Waals surface area contributed by atoms with Crippen molar-refractivity contribution in [1.82, 2.24) is 4.90 Å². The number of piperidine rings is 1. The predicted octanol–water partition coefficient (Wildman–Crippen LogP) is 4.95. The molecule has 0 aromatic heterocycles. The number of halogens is 1. The Labute approximate surface area is 171 Å². The summed E-state index contributed by atoms with van der Waals surface area (Å²) >= 11 is 6.02. The van der Waals surface area contributed by atoms with E-state index in [1.165, 1.54) is 11.8 Å². The van der Waals surface area contributed by atoms with Gasteiger partial charge in [-0.2, -0.15) is 5.26 Å². The molecule has 0 aliphatic carbocycles. The van der Waals surface area contributed by atoms with Crippen LogP contribution >= 0.6 is 11.6 Å². The molecule has 3 rings (SSSR count). The number of hydrogen-bond donors (Lipinski definition) is 1. The van der Waals surface area contributed by atoms with Crippen molar-refractivity contribution >= 4 is 23.2 Å². The highest BCUT2D eigenvalue weighted by molar-refractivity contribution is 6.30. The zero-order chi connectivity index (χ0) is 19.9. The first kappa shape index (κ1) is 20.0. The summed E-state index contributed by atoms with van der Waals surface area (Å²) in [5, 5.41) is 13.1. The summed E-state index contributed by atoms with van der Waals surface area (Å²) in [6.07, 6.45) is 4.44. The van der Waals surface area contributed by atoms with Gasteiger partial charge in [-0.3, -0.25) is 4.79 Å². The van der Waals surface area contributed by atoms with Crippen LogP contribution in [0.25, 0.3) is 0 Å². The lowest BCUT2D eigenvalue weighted by molar-refractivity contribution is -0.128. The maximum atomic E-state index is 12.7. The molecule has 1 aliphatic rings. The van der Waals surface area contributed by atoms with Crippen molar-refractivity contribution in [1.29, 1.82) is 5.26 Å². The minimum atomic E-state index is -0.215. The highest BCUT2D eigenvalue weighted by Gasteiger charge is 2.25. The van der Waals surface area contributed by atoms with Crippen LogP contribution in [-0.2, 0) is 11.2 Å². The highest BCUT2D eigenvalue weighted by Crippen LogP contribution is 2.23. The molecular weight excluding hydrogens is 370 g/mol. The van der Waals surface area contributed by atoms with Crippen LogP contribution in [0.3, 0.4) is 0 Å². The summed E-state index contributed by atoms with van der Waals surface area (Å²) in [6, 6.07) is 18.0. The first-order valence-corrected chi connectivity index (χ1v) is 9.91. The van der Waals surface area contributed by atoms with Gasteiger partial charge in [-0.15, -0.1) is 0 Å². The van der Waals surface area contributed by atoms with Crippen LogP contribution in [0.1, 0.15) is 24.0 Å². The Morgan fingerprint density at radius 2 is 1.96 bits per heavy atom. The smallest absolute Gasteiger partial charge is 0.266 e. The molecule has 0 saturated carbocycles. The molecule has 2 aromatic rings. The monoisotopic (exact) mass is 393 g/mol. The molecule has 1 saturated heterocycles. The standard InChI is InChI=1S/C23H24ClN3O/c1-17-7-8-21(24)14-22(17)26-16-20(15-25)23(28)27-11-9-19(10-12-27)13-18-5-3-2-4-6-18/h2-8,14,16,19,26H,9-13H2,1H3/b20-16-. The van der Waals surface area contributed by atoms with Gasteiger partial charge in [0, 0.05) is 30.0 Å². The second-order valence-electron chi connectivity index (χ2n) is 7.20. The fourth-order valence-corrected chi connectivity index (χ4v) is 3.67. The number of anilines is 1. The first-order valence-electron chi connectivity index (χ1n) is 9.53. The summed E-state index contributed by atoms with van der Waals surface area (Å²) in [5.74, 6) is 0.362. The molecule has 0 radical (unpaired) electrons. The lowest BCUT2D eigenvalue weighted by atomic mass is 9.90. The molecular formula is C23H24ClN3O. The van der Waals surface area contributed by atoms with Crippen molar-refractivity contribution < 1.29 is 4.79 Å². The lowest BCUT2D eigenvalue weighted by Gasteiger charge is -2.32. The molecule has 0 bridgehead atoms. The number of carbonyl (C=O) groups is 1. The van der Waals surface area contributed by atoms with E-state index < -0.39 is 0 Å². The van der Waals surface area contributed by atoms with Crippen LogP contribution in [0.4, 0.5) is 5.69 Å². The van der Waals surface area contributed by atoms with E-state index in [1.807, 2.05) is 31.2 Å². The number of nitrogens with zero attached hydrogens (tertiary/aromatic N) is 2.